The molecule has 7 nitrogen and oxygen atoms in total. The van der Waals surface area contributed by atoms with Crippen molar-refractivity contribution in [2.75, 3.05) is 22.4 Å². The van der Waals surface area contributed by atoms with Gasteiger partial charge in [-0.15, -0.1) is 0 Å². The van der Waals surface area contributed by atoms with E-state index in [2.05, 4.69) is 10.6 Å². The second-order valence-electron chi connectivity index (χ2n) is 8.44. The van der Waals surface area contributed by atoms with Gasteiger partial charge in [-0.1, -0.05) is 54.6 Å². The number of rotatable bonds is 9. The Bertz CT molecular complexity index is 1130. The molecule has 34 heavy (non-hydrogen) atoms. The Kier molecular flexibility index (Phi) is 9.22. The van der Waals surface area contributed by atoms with Gasteiger partial charge in [0.25, 0.3) is 5.91 Å². The van der Waals surface area contributed by atoms with E-state index in [0.717, 1.165) is 36.2 Å². The maximum absolute atomic E-state index is 12.8. The largest absolute Gasteiger partial charge is 0.349 e. The van der Waals surface area contributed by atoms with Crippen molar-refractivity contribution in [2.45, 2.75) is 51.0 Å². The number of carbonyl (C=O) groups is 2. The Morgan fingerprint density at radius 1 is 1.06 bits per heavy atom. The Morgan fingerprint density at radius 2 is 1.76 bits per heavy atom. The molecular weight excluding hydrogens is 497 g/mol. The van der Waals surface area contributed by atoms with E-state index in [1.807, 2.05) is 0 Å². The number of sulfonamides is 1. The summed E-state index contributed by atoms with van der Waals surface area (Å²) in [5.74, 6) is -0.523. The maximum atomic E-state index is 12.8. The normalized spacial score (nSPS) is 14.4. The van der Waals surface area contributed by atoms with E-state index >= 15 is 0 Å². The summed E-state index contributed by atoms with van der Waals surface area (Å²) >= 11 is 12.2. The first-order valence-corrected chi connectivity index (χ1v) is 13.9. The number of carbonyl (C=O) groups excluding carboxylic acids is 2. The van der Waals surface area contributed by atoms with Gasteiger partial charge in [-0.25, -0.2) is 8.42 Å². The summed E-state index contributed by atoms with van der Waals surface area (Å²) in [6.45, 7) is 0.0517. The summed E-state index contributed by atoms with van der Waals surface area (Å²) in [7, 11) is -3.64. The van der Waals surface area contributed by atoms with Crippen molar-refractivity contribution in [3.63, 3.8) is 0 Å². The van der Waals surface area contributed by atoms with Gasteiger partial charge in [0, 0.05) is 24.0 Å². The van der Waals surface area contributed by atoms with Gasteiger partial charge in [0.2, 0.25) is 15.9 Å². The van der Waals surface area contributed by atoms with E-state index < -0.39 is 10.0 Å². The highest BCUT2D eigenvalue weighted by molar-refractivity contribution is 7.92. The molecule has 0 heterocycles. The average molecular weight is 526 g/mol. The van der Waals surface area contributed by atoms with Crippen molar-refractivity contribution in [2.24, 2.45) is 0 Å². The SMILES string of the molecule is CS(=O)(=O)N(CCCC(=O)Nc1ccccc1C(=O)NC1CCCCC1)c1cc(Cl)ccc1Cl. The number of nitrogens with zero attached hydrogens (tertiary/aromatic N) is 1. The van der Waals surface area contributed by atoms with Crippen LogP contribution in [0.15, 0.2) is 42.5 Å². The van der Waals surface area contributed by atoms with E-state index in [-0.39, 0.29) is 48.0 Å². The lowest BCUT2D eigenvalue weighted by molar-refractivity contribution is -0.116. The molecule has 2 aromatic rings. The molecule has 0 aromatic heterocycles. The quantitative estimate of drug-likeness (QED) is 0.467. The first-order chi connectivity index (χ1) is 16.1. The maximum Gasteiger partial charge on any atom is 0.253 e. The second-order valence-corrected chi connectivity index (χ2v) is 11.2. The third kappa shape index (κ3) is 7.35. The monoisotopic (exact) mass is 525 g/mol. The van der Waals surface area contributed by atoms with Gasteiger partial charge >= 0.3 is 0 Å². The van der Waals surface area contributed by atoms with Crippen LogP contribution in [-0.2, 0) is 14.8 Å². The van der Waals surface area contributed by atoms with E-state index in [1.165, 1.54) is 18.6 Å². The lowest BCUT2D eigenvalue weighted by Crippen LogP contribution is -2.36. The highest BCUT2D eigenvalue weighted by atomic mass is 35.5. The average Bonchev–Trinajstić information content (AvgIpc) is 2.79. The number of hydrogen-bond acceptors (Lipinski definition) is 4. The first-order valence-electron chi connectivity index (χ1n) is 11.3. The standard InChI is InChI=1S/C24H29Cl2N3O4S/c1-34(32,33)29(22-16-17(25)13-14-20(22)26)15-7-12-23(30)28-21-11-6-5-10-19(21)24(31)27-18-8-3-2-4-9-18/h5-6,10-11,13-14,16,18H,2-4,7-9,12,15H2,1H3,(H,27,31)(H,28,30). The van der Waals surface area contributed by atoms with Crippen molar-refractivity contribution in [3.05, 3.63) is 58.1 Å². The molecule has 1 fully saturated rings. The van der Waals surface area contributed by atoms with Gasteiger partial charge in [-0.2, -0.15) is 0 Å². The molecule has 184 valence electrons. The molecule has 1 saturated carbocycles. The molecule has 0 saturated heterocycles. The lowest BCUT2D eigenvalue weighted by atomic mass is 9.95. The van der Waals surface area contributed by atoms with Crippen molar-refractivity contribution in [1.29, 1.82) is 0 Å². The molecule has 10 heteroatoms. The molecule has 0 unspecified atom stereocenters. The Morgan fingerprint density at radius 3 is 2.47 bits per heavy atom. The minimum absolute atomic E-state index is 0.0517. The molecule has 2 N–H and O–H groups in total. The predicted octanol–water partition coefficient (Wildman–Crippen LogP) is 5.24. The lowest BCUT2D eigenvalue weighted by Gasteiger charge is -2.24. The number of nitrogens with one attached hydrogen (secondary N) is 2. The fraction of sp³-hybridized carbons (Fsp3) is 0.417. The fourth-order valence-corrected chi connectivity index (χ4v) is 5.44. The van der Waals surface area contributed by atoms with Crippen LogP contribution < -0.4 is 14.9 Å². The minimum atomic E-state index is -3.64. The van der Waals surface area contributed by atoms with Crippen molar-refractivity contribution in [3.8, 4) is 0 Å². The Labute approximate surface area is 210 Å². The zero-order valence-electron chi connectivity index (χ0n) is 19.0. The van der Waals surface area contributed by atoms with Gasteiger partial charge in [-0.05, 0) is 49.6 Å². The molecule has 0 radical (unpaired) electrons. The summed E-state index contributed by atoms with van der Waals surface area (Å²) in [6.07, 6.45) is 6.72. The Balaban J connectivity index is 1.61. The molecule has 0 spiro atoms. The number of para-hydroxylation sites is 1. The van der Waals surface area contributed by atoms with Gasteiger partial charge in [0.15, 0.2) is 0 Å². The number of amides is 2. The third-order valence-corrected chi connectivity index (χ3v) is 7.46. The van der Waals surface area contributed by atoms with Crippen LogP contribution in [0.25, 0.3) is 0 Å². The zero-order valence-corrected chi connectivity index (χ0v) is 21.3. The molecular formula is C24H29Cl2N3O4S. The van der Waals surface area contributed by atoms with Gasteiger partial charge in [0.05, 0.1) is 28.2 Å². The Hall–Kier alpha value is -2.29. The molecule has 2 aromatic carbocycles. The summed E-state index contributed by atoms with van der Waals surface area (Å²) in [5.41, 5.74) is 1.10. The van der Waals surface area contributed by atoms with Crippen LogP contribution in [0.4, 0.5) is 11.4 Å². The van der Waals surface area contributed by atoms with Crippen molar-refractivity contribution < 1.29 is 18.0 Å². The molecule has 0 bridgehead atoms. The van der Waals surface area contributed by atoms with Crippen LogP contribution in [0.3, 0.4) is 0 Å². The fourth-order valence-electron chi connectivity index (χ4n) is 4.04. The van der Waals surface area contributed by atoms with Crippen LogP contribution >= 0.6 is 23.2 Å². The van der Waals surface area contributed by atoms with E-state index in [9.17, 15) is 18.0 Å². The number of anilines is 2. The summed E-state index contributed by atoms with van der Waals surface area (Å²) in [6, 6.07) is 11.6. The highest BCUT2D eigenvalue weighted by Gasteiger charge is 2.22. The molecule has 0 atom stereocenters. The summed E-state index contributed by atoms with van der Waals surface area (Å²) < 4.78 is 25.8. The molecule has 2 amide bonds. The van der Waals surface area contributed by atoms with Crippen LogP contribution in [-0.4, -0.2) is 39.1 Å². The summed E-state index contributed by atoms with van der Waals surface area (Å²) in [5, 5.41) is 6.45. The van der Waals surface area contributed by atoms with E-state index in [0.29, 0.717) is 16.3 Å². The molecule has 0 aliphatic heterocycles. The van der Waals surface area contributed by atoms with Crippen LogP contribution in [0, 0.1) is 0 Å². The minimum Gasteiger partial charge on any atom is -0.349 e. The van der Waals surface area contributed by atoms with E-state index in [1.54, 1.807) is 30.3 Å². The van der Waals surface area contributed by atoms with Crippen molar-refractivity contribution in [1.82, 2.24) is 5.32 Å². The highest BCUT2D eigenvalue weighted by Crippen LogP contribution is 2.31. The van der Waals surface area contributed by atoms with Crippen molar-refractivity contribution >= 4 is 56.4 Å². The van der Waals surface area contributed by atoms with E-state index in [4.69, 9.17) is 23.2 Å². The topological polar surface area (TPSA) is 95.6 Å². The number of benzene rings is 2. The predicted molar refractivity (Wildman–Crippen MR) is 137 cm³/mol. The van der Waals surface area contributed by atoms with Gasteiger partial charge in [-0.3, -0.25) is 13.9 Å². The second kappa shape index (κ2) is 11.9. The zero-order chi connectivity index (χ0) is 24.7. The van der Waals surface area contributed by atoms with Gasteiger partial charge < -0.3 is 10.6 Å². The molecule has 1 aliphatic carbocycles. The summed E-state index contributed by atoms with van der Waals surface area (Å²) in [4.78, 5) is 25.4. The first kappa shape index (κ1) is 26.3. The van der Waals surface area contributed by atoms with Crippen LogP contribution in [0.1, 0.15) is 55.3 Å². The van der Waals surface area contributed by atoms with Gasteiger partial charge in [0.1, 0.15) is 0 Å². The molecule has 1 aliphatic rings. The van der Waals surface area contributed by atoms with Crippen LogP contribution in [0.5, 0.6) is 0 Å². The third-order valence-electron chi connectivity index (χ3n) is 5.73. The smallest absolute Gasteiger partial charge is 0.253 e. The van der Waals surface area contributed by atoms with Crippen LogP contribution in [0.2, 0.25) is 10.0 Å². The number of halogens is 2. The molecule has 3 rings (SSSR count). The number of hydrogen-bond donors (Lipinski definition) is 2.